The van der Waals surface area contributed by atoms with Crippen molar-refractivity contribution in [2.24, 2.45) is 18.9 Å². The number of aryl methyl sites for hydroxylation is 1. The second-order valence-electron chi connectivity index (χ2n) is 16.0. The first-order chi connectivity index (χ1) is 27.3. The third-order valence-corrected chi connectivity index (χ3v) is 12.3. The molecule has 4 aliphatic heterocycles. The molecule has 12 nitrogen and oxygen atoms in total. The van der Waals surface area contributed by atoms with E-state index in [0.717, 1.165) is 54.7 Å². The van der Waals surface area contributed by atoms with Crippen LogP contribution >= 0.6 is 0 Å². The molecule has 3 fully saturated rings. The maximum Gasteiger partial charge on any atom is 0.262 e. The zero-order chi connectivity index (χ0) is 38.3. The number of carbonyl (C=O) groups is 4. The molecule has 0 bridgehead atoms. The minimum Gasteiger partial charge on any atom is -0.494 e. The molecule has 0 saturated carbocycles. The van der Waals surface area contributed by atoms with Gasteiger partial charge in [0.2, 0.25) is 11.8 Å². The van der Waals surface area contributed by atoms with E-state index in [4.69, 9.17) is 9.72 Å². The van der Waals surface area contributed by atoms with Gasteiger partial charge in [0.25, 0.3) is 11.8 Å². The summed E-state index contributed by atoms with van der Waals surface area (Å²) >= 11 is 0. The average molecular weight is 754 g/mol. The van der Waals surface area contributed by atoms with Crippen LogP contribution in [0.15, 0.2) is 73.2 Å². The Bertz CT molecular complexity index is 2320. The number of unbranched alkanes of at least 4 members (excludes halogenated alkanes) is 2. The fourth-order valence-corrected chi connectivity index (χ4v) is 9.11. The fourth-order valence-electron chi connectivity index (χ4n) is 9.11. The molecular weight excluding hydrogens is 707 g/mol. The second-order valence-corrected chi connectivity index (χ2v) is 16.0. The molecule has 1 N–H and O–H groups in total. The normalized spacial score (nSPS) is 19.6. The number of fused-ring (bicyclic) bond motifs is 4. The number of nitrogens with one attached hydrogen (secondary N) is 1. The van der Waals surface area contributed by atoms with E-state index in [1.807, 2.05) is 18.6 Å². The number of aromatic nitrogens is 3. The molecule has 4 aliphatic rings. The van der Waals surface area contributed by atoms with Crippen LogP contribution < -0.4 is 15.0 Å². The van der Waals surface area contributed by atoms with Crippen LogP contribution in [-0.2, 0) is 16.6 Å². The number of hydrogen-bond donors (Lipinski definition) is 1. The number of amides is 4. The highest BCUT2D eigenvalue weighted by atomic mass is 16.5. The molecule has 3 saturated heterocycles. The molecule has 9 rings (SSSR count). The first-order valence-corrected chi connectivity index (χ1v) is 20.0. The summed E-state index contributed by atoms with van der Waals surface area (Å²) in [7, 11) is 2.11. The van der Waals surface area contributed by atoms with Gasteiger partial charge in [-0.05, 0) is 92.7 Å². The number of ether oxygens (including phenoxy) is 1. The van der Waals surface area contributed by atoms with E-state index in [1.165, 1.54) is 66.1 Å². The summed E-state index contributed by atoms with van der Waals surface area (Å²) in [5.41, 5.74) is 5.19. The van der Waals surface area contributed by atoms with Crippen molar-refractivity contribution in [1.29, 1.82) is 0 Å². The molecule has 3 aromatic heterocycles. The summed E-state index contributed by atoms with van der Waals surface area (Å²) in [4.78, 5) is 65.1. The lowest BCUT2D eigenvalue weighted by Crippen LogP contribution is -2.54. The highest BCUT2D eigenvalue weighted by molar-refractivity contribution is 6.23. The van der Waals surface area contributed by atoms with Crippen LogP contribution in [0.5, 0.6) is 5.75 Å². The van der Waals surface area contributed by atoms with Gasteiger partial charge in [-0.2, -0.15) is 0 Å². The Balaban J connectivity index is 0.663. The van der Waals surface area contributed by atoms with E-state index in [9.17, 15) is 19.2 Å². The van der Waals surface area contributed by atoms with Crippen molar-refractivity contribution in [3.63, 3.8) is 0 Å². The number of hydrogen-bond acceptors (Lipinski definition) is 9. The number of piperidine rings is 2. The molecule has 288 valence electrons. The predicted octanol–water partition coefficient (Wildman–Crippen LogP) is 5.98. The molecule has 0 aliphatic carbocycles. The van der Waals surface area contributed by atoms with E-state index in [1.54, 1.807) is 18.2 Å². The smallest absolute Gasteiger partial charge is 0.262 e. The van der Waals surface area contributed by atoms with Gasteiger partial charge in [0, 0.05) is 79.5 Å². The van der Waals surface area contributed by atoms with E-state index in [2.05, 4.69) is 68.1 Å². The van der Waals surface area contributed by atoms with Crippen LogP contribution in [0.25, 0.3) is 32.9 Å². The van der Waals surface area contributed by atoms with Gasteiger partial charge >= 0.3 is 0 Å². The van der Waals surface area contributed by atoms with Crippen molar-refractivity contribution in [3.05, 3.63) is 84.3 Å². The number of imide groups is 2. The molecule has 1 unspecified atom stereocenters. The zero-order valence-corrected chi connectivity index (χ0v) is 31.8. The topological polar surface area (TPSA) is 130 Å². The Morgan fingerprint density at radius 3 is 2.41 bits per heavy atom. The van der Waals surface area contributed by atoms with Crippen molar-refractivity contribution in [2.45, 2.75) is 57.4 Å². The van der Waals surface area contributed by atoms with Crippen LogP contribution in [0.3, 0.4) is 0 Å². The van der Waals surface area contributed by atoms with Crippen LogP contribution in [0.2, 0.25) is 0 Å². The maximum atomic E-state index is 13.1. The number of anilines is 1. The molecule has 56 heavy (non-hydrogen) atoms. The second kappa shape index (κ2) is 15.1. The average Bonchev–Trinajstić information content (AvgIpc) is 3.62. The standard InChI is InChI=1S/C44H47N7O5/c1-48-37-14-17-45-24-36(37)33-9-6-30(21-39(33)48)31-7-12-40(46-23-31)50-26-29(27-50)25-49-18-15-28(16-19-49)5-3-2-4-20-56-32-8-10-34-35(22-32)44(55)51(43(34)54)38-11-13-41(52)47-42(38)53/h6-10,12,14,17,21-24,28-29,38H,2-5,11,13,15-16,18-20,25-27H2,1H3,(H,47,52,53). The molecule has 2 aromatic carbocycles. The van der Waals surface area contributed by atoms with Gasteiger partial charge in [0.15, 0.2) is 0 Å². The highest BCUT2D eigenvalue weighted by Gasteiger charge is 2.44. The Labute approximate surface area is 325 Å². The number of nitrogens with zero attached hydrogens (tertiary/aromatic N) is 6. The highest BCUT2D eigenvalue weighted by Crippen LogP contribution is 2.34. The number of benzene rings is 2. The van der Waals surface area contributed by atoms with Crippen molar-refractivity contribution in [3.8, 4) is 16.9 Å². The van der Waals surface area contributed by atoms with Gasteiger partial charge in [-0.25, -0.2) is 4.98 Å². The zero-order valence-electron chi connectivity index (χ0n) is 31.8. The van der Waals surface area contributed by atoms with Gasteiger partial charge in [-0.1, -0.05) is 31.4 Å². The molecule has 5 aromatic rings. The lowest BCUT2D eigenvalue weighted by atomic mass is 9.90. The van der Waals surface area contributed by atoms with Crippen molar-refractivity contribution >= 4 is 51.3 Å². The maximum absolute atomic E-state index is 13.1. The lowest BCUT2D eigenvalue weighted by molar-refractivity contribution is -0.136. The number of pyridine rings is 2. The Kier molecular flexibility index (Phi) is 9.74. The summed E-state index contributed by atoms with van der Waals surface area (Å²) in [5.74, 6) is 1.03. The Morgan fingerprint density at radius 2 is 1.61 bits per heavy atom. The van der Waals surface area contributed by atoms with Gasteiger partial charge in [-0.3, -0.25) is 34.4 Å². The first-order valence-electron chi connectivity index (χ1n) is 20.0. The van der Waals surface area contributed by atoms with E-state index in [-0.39, 0.29) is 29.9 Å². The van der Waals surface area contributed by atoms with Gasteiger partial charge in [0.1, 0.15) is 17.6 Å². The van der Waals surface area contributed by atoms with Crippen LogP contribution in [0, 0.1) is 11.8 Å². The molecule has 12 heteroatoms. The number of rotatable bonds is 12. The largest absolute Gasteiger partial charge is 0.494 e. The monoisotopic (exact) mass is 753 g/mol. The van der Waals surface area contributed by atoms with Crippen LogP contribution in [0.1, 0.15) is 72.1 Å². The Morgan fingerprint density at radius 1 is 0.786 bits per heavy atom. The number of likely N-dealkylation sites (tertiary alicyclic amines) is 1. The molecule has 7 heterocycles. The lowest BCUT2D eigenvalue weighted by Gasteiger charge is -2.43. The Hall–Kier alpha value is -5.62. The summed E-state index contributed by atoms with van der Waals surface area (Å²) in [6.07, 6.45) is 13.0. The molecule has 0 radical (unpaired) electrons. The third kappa shape index (κ3) is 6.91. The summed E-state index contributed by atoms with van der Waals surface area (Å²) in [5, 5.41) is 4.63. The minimum atomic E-state index is -0.970. The third-order valence-electron chi connectivity index (χ3n) is 12.3. The molecule has 0 spiro atoms. The van der Waals surface area contributed by atoms with Crippen molar-refractivity contribution in [2.75, 3.05) is 44.2 Å². The van der Waals surface area contributed by atoms with E-state index < -0.39 is 23.8 Å². The quantitative estimate of drug-likeness (QED) is 0.121. The van der Waals surface area contributed by atoms with Gasteiger partial charge in [-0.15, -0.1) is 0 Å². The van der Waals surface area contributed by atoms with E-state index in [0.29, 0.717) is 18.3 Å². The van der Waals surface area contributed by atoms with Gasteiger partial charge in [0.05, 0.1) is 23.3 Å². The number of carbonyl (C=O) groups excluding carboxylic acids is 4. The summed E-state index contributed by atoms with van der Waals surface area (Å²) in [6, 6.07) is 17.0. The fraction of sp³-hybridized carbons (Fsp3) is 0.409. The molecule has 1 atom stereocenters. The van der Waals surface area contributed by atoms with Crippen LogP contribution in [0.4, 0.5) is 5.82 Å². The predicted molar refractivity (Wildman–Crippen MR) is 213 cm³/mol. The molecule has 4 amide bonds. The SMILES string of the molecule is Cn1c2ccncc2c2ccc(-c3ccc(N4CC(CN5CCC(CCCCCOc6ccc7c(c6)C(=O)N(C6CCC(=O)NC6=O)C7=O)CC5)C4)nc3)cc21. The first kappa shape index (κ1) is 36.0. The molecular formula is C44H47N7O5. The van der Waals surface area contributed by atoms with E-state index >= 15 is 0 Å². The summed E-state index contributed by atoms with van der Waals surface area (Å²) < 4.78 is 8.19. The van der Waals surface area contributed by atoms with Crippen molar-refractivity contribution < 1.29 is 23.9 Å². The van der Waals surface area contributed by atoms with Gasteiger partial charge < -0.3 is 19.1 Å². The minimum absolute atomic E-state index is 0.0955. The van der Waals surface area contributed by atoms with Crippen molar-refractivity contribution in [1.82, 2.24) is 29.7 Å². The van der Waals surface area contributed by atoms with Crippen LogP contribution in [-0.4, -0.2) is 93.3 Å². The summed E-state index contributed by atoms with van der Waals surface area (Å²) in [6.45, 7) is 6.17.